The summed E-state index contributed by atoms with van der Waals surface area (Å²) in [6.07, 6.45) is 3.22. The van der Waals surface area contributed by atoms with Crippen molar-refractivity contribution in [2.45, 2.75) is 16.9 Å². The average Bonchev–Trinajstić information content (AvgIpc) is 2.86. The van der Waals surface area contributed by atoms with E-state index in [1.165, 1.54) is 12.3 Å². The molecule has 100 valence electrons. The molecule has 0 saturated carbocycles. The highest BCUT2D eigenvalue weighted by Crippen LogP contribution is 2.25. The largest absolute Gasteiger partial charge is 0.480 e. The van der Waals surface area contributed by atoms with Crippen molar-refractivity contribution in [3.63, 3.8) is 0 Å². The van der Waals surface area contributed by atoms with Crippen LogP contribution in [0.1, 0.15) is 6.42 Å². The van der Waals surface area contributed by atoms with E-state index >= 15 is 0 Å². The van der Waals surface area contributed by atoms with Crippen LogP contribution in [0.25, 0.3) is 0 Å². The second-order valence-corrected chi connectivity index (χ2v) is 6.50. The lowest BCUT2D eigenvalue weighted by Gasteiger charge is -2.19. The number of nitrogens with zero attached hydrogens (tertiary/aromatic N) is 2. The van der Waals surface area contributed by atoms with Crippen molar-refractivity contribution in [3.05, 3.63) is 18.5 Å². The fourth-order valence-electron chi connectivity index (χ4n) is 1.96. The summed E-state index contributed by atoms with van der Waals surface area (Å²) in [5.41, 5.74) is 4.18. The lowest BCUT2D eigenvalue weighted by molar-refractivity contribution is -0.142. The Labute approximate surface area is 105 Å². The average molecular weight is 273 g/mol. The highest BCUT2D eigenvalue weighted by Gasteiger charge is 2.45. The van der Waals surface area contributed by atoms with E-state index in [2.05, 4.69) is 0 Å². The van der Waals surface area contributed by atoms with Gasteiger partial charge in [-0.15, -0.1) is 0 Å². The molecule has 2 rings (SSSR count). The number of rotatable bonds is 3. The van der Waals surface area contributed by atoms with E-state index in [0.717, 1.165) is 4.31 Å². The zero-order valence-corrected chi connectivity index (χ0v) is 10.7. The van der Waals surface area contributed by atoms with Crippen LogP contribution < -0.4 is 5.73 Å². The summed E-state index contributed by atoms with van der Waals surface area (Å²) in [7, 11) is -1.94. The number of sulfonamides is 1. The van der Waals surface area contributed by atoms with Gasteiger partial charge in [0.2, 0.25) is 10.0 Å². The molecule has 0 spiro atoms. The SMILES string of the molecule is Cn1ccc(S(=O)(=O)N2CCC(N)(C(=O)O)C2)c1. The number of carboxylic acid groups (broad SMARTS) is 1. The smallest absolute Gasteiger partial charge is 0.325 e. The standard InChI is InChI=1S/C10H15N3O4S/c1-12-4-2-8(6-12)18(16,17)13-5-3-10(11,7-13)9(14)15/h2,4,6H,3,5,7,11H2,1H3,(H,14,15). The van der Waals surface area contributed by atoms with E-state index < -0.39 is 21.5 Å². The second kappa shape index (κ2) is 4.08. The van der Waals surface area contributed by atoms with Crippen LogP contribution in [-0.2, 0) is 21.9 Å². The number of hydrogen-bond acceptors (Lipinski definition) is 4. The maximum atomic E-state index is 12.2. The van der Waals surface area contributed by atoms with Crippen LogP contribution in [0.3, 0.4) is 0 Å². The molecule has 8 heteroatoms. The predicted molar refractivity (Wildman–Crippen MR) is 63.3 cm³/mol. The minimum Gasteiger partial charge on any atom is -0.480 e. The minimum atomic E-state index is -3.65. The van der Waals surface area contributed by atoms with Gasteiger partial charge in [-0.3, -0.25) is 4.79 Å². The number of carbonyl (C=O) groups is 1. The third-order valence-electron chi connectivity index (χ3n) is 3.13. The molecule has 0 bridgehead atoms. The van der Waals surface area contributed by atoms with Crippen molar-refractivity contribution in [2.75, 3.05) is 13.1 Å². The van der Waals surface area contributed by atoms with E-state index in [1.807, 2.05) is 0 Å². The third kappa shape index (κ3) is 2.02. The molecule has 0 amide bonds. The summed E-state index contributed by atoms with van der Waals surface area (Å²) >= 11 is 0. The summed E-state index contributed by atoms with van der Waals surface area (Å²) in [5, 5.41) is 8.98. The fraction of sp³-hybridized carbons (Fsp3) is 0.500. The lowest BCUT2D eigenvalue weighted by Crippen LogP contribution is -2.50. The zero-order valence-electron chi connectivity index (χ0n) is 9.91. The molecule has 1 fully saturated rings. The molecule has 0 aromatic carbocycles. The van der Waals surface area contributed by atoms with Gasteiger partial charge in [0.15, 0.2) is 0 Å². The number of nitrogens with two attached hydrogens (primary N) is 1. The quantitative estimate of drug-likeness (QED) is 0.750. The van der Waals surface area contributed by atoms with Gasteiger partial charge in [-0.2, -0.15) is 4.31 Å². The fourth-order valence-corrected chi connectivity index (χ4v) is 3.52. The first-order chi connectivity index (χ1) is 8.25. The summed E-state index contributed by atoms with van der Waals surface area (Å²) in [4.78, 5) is 11.1. The highest BCUT2D eigenvalue weighted by atomic mass is 32.2. The van der Waals surface area contributed by atoms with Crippen LogP contribution in [0.5, 0.6) is 0 Å². The van der Waals surface area contributed by atoms with Gasteiger partial charge in [0.25, 0.3) is 0 Å². The monoisotopic (exact) mass is 273 g/mol. The van der Waals surface area contributed by atoms with E-state index in [9.17, 15) is 13.2 Å². The number of carboxylic acids is 1. The molecular weight excluding hydrogens is 258 g/mol. The van der Waals surface area contributed by atoms with Crippen molar-refractivity contribution >= 4 is 16.0 Å². The first-order valence-electron chi connectivity index (χ1n) is 5.40. The van der Waals surface area contributed by atoms with Crippen molar-refractivity contribution in [1.82, 2.24) is 8.87 Å². The Balaban J connectivity index is 2.27. The molecule has 18 heavy (non-hydrogen) atoms. The second-order valence-electron chi connectivity index (χ2n) is 4.56. The van der Waals surface area contributed by atoms with Crippen LogP contribution in [0.4, 0.5) is 0 Å². The van der Waals surface area contributed by atoms with Gasteiger partial charge in [-0.05, 0) is 12.5 Å². The lowest BCUT2D eigenvalue weighted by atomic mass is 10.0. The van der Waals surface area contributed by atoms with Crippen molar-refractivity contribution in [3.8, 4) is 0 Å². The normalized spacial score (nSPS) is 25.4. The zero-order chi connectivity index (χ0) is 13.6. The van der Waals surface area contributed by atoms with Gasteiger partial charge >= 0.3 is 5.97 Å². The van der Waals surface area contributed by atoms with Crippen molar-refractivity contribution in [1.29, 1.82) is 0 Å². The Kier molecular flexibility index (Phi) is 2.96. The topological polar surface area (TPSA) is 106 Å². The van der Waals surface area contributed by atoms with Crippen molar-refractivity contribution < 1.29 is 18.3 Å². The summed E-state index contributed by atoms with van der Waals surface area (Å²) in [6, 6.07) is 1.48. The molecule has 0 radical (unpaired) electrons. The van der Waals surface area contributed by atoms with Crippen LogP contribution >= 0.6 is 0 Å². The van der Waals surface area contributed by atoms with Crippen LogP contribution in [0, 0.1) is 0 Å². The number of aromatic nitrogens is 1. The van der Waals surface area contributed by atoms with E-state index in [0.29, 0.717) is 0 Å². The Bertz CT molecular complexity index is 580. The van der Waals surface area contributed by atoms with Gasteiger partial charge in [-0.1, -0.05) is 0 Å². The minimum absolute atomic E-state index is 0.119. The highest BCUT2D eigenvalue weighted by molar-refractivity contribution is 7.89. The third-order valence-corrected chi connectivity index (χ3v) is 4.96. The maximum Gasteiger partial charge on any atom is 0.325 e. The molecule has 1 atom stereocenters. The van der Waals surface area contributed by atoms with Gasteiger partial charge in [-0.25, -0.2) is 8.42 Å². The Morgan fingerprint density at radius 1 is 1.56 bits per heavy atom. The molecule has 0 aliphatic carbocycles. The van der Waals surface area contributed by atoms with E-state index in [4.69, 9.17) is 10.8 Å². The molecule has 1 aromatic rings. The van der Waals surface area contributed by atoms with Crippen molar-refractivity contribution in [2.24, 2.45) is 12.8 Å². The summed E-state index contributed by atoms with van der Waals surface area (Å²) in [5.74, 6) is -1.17. The van der Waals surface area contributed by atoms with Crippen LogP contribution in [-0.4, -0.2) is 47.0 Å². The molecular formula is C10H15N3O4S. The molecule has 1 aliphatic rings. The van der Waals surface area contributed by atoms with Gasteiger partial charge in [0, 0.05) is 32.5 Å². The van der Waals surface area contributed by atoms with Gasteiger partial charge in [0.1, 0.15) is 5.54 Å². The summed E-state index contributed by atoms with van der Waals surface area (Å²) in [6.45, 7) is -0.0699. The Hall–Kier alpha value is -1.38. The molecule has 1 aromatic heterocycles. The predicted octanol–water partition coefficient (Wildman–Crippen LogP) is -0.798. The number of aliphatic carboxylic acids is 1. The van der Waals surface area contributed by atoms with E-state index in [1.54, 1.807) is 17.8 Å². The van der Waals surface area contributed by atoms with Gasteiger partial charge in [0.05, 0.1) is 4.90 Å². The Morgan fingerprint density at radius 2 is 2.22 bits per heavy atom. The molecule has 2 heterocycles. The molecule has 7 nitrogen and oxygen atoms in total. The molecule has 1 unspecified atom stereocenters. The number of hydrogen-bond donors (Lipinski definition) is 2. The van der Waals surface area contributed by atoms with E-state index in [-0.39, 0.29) is 24.4 Å². The summed E-state index contributed by atoms with van der Waals surface area (Å²) < 4.78 is 27.2. The van der Waals surface area contributed by atoms with Gasteiger partial charge < -0.3 is 15.4 Å². The molecule has 1 saturated heterocycles. The first-order valence-corrected chi connectivity index (χ1v) is 6.84. The van der Waals surface area contributed by atoms with Crippen LogP contribution in [0.15, 0.2) is 23.4 Å². The molecule has 3 N–H and O–H groups in total. The van der Waals surface area contributed by atoms with Crippen LogP contribution in [0.2, 0.25) is 0 Å². The maximum absolute atomic E-state index is 12.2. The Morgan fingerprint density at radius 3 is 2.67 bits per heavy atom. The number of aryl methyl sites for hydroxylation is 1. The molecule has 1 aliphatic heterocycles. The first kappa shape index (κ1) is 13.1.